The molecule has 0 bridgehead atoms. The molecule has 4 aromatic rings. The highest BCUT2D eigenvalue weighted by atomic mass is 32.1. The molecule has 0 amide bonds. The second-order valence-electron chi connectivity index (χ2n) is 5.45. The summed E-state index contributed by atoms with van der Waals surface area (Å²) >= 11 is 1.25. The molecule has 0 radical (unpaired) electrons. The SMILES string of the molecule is CC(=O)Oc1cccc(/C=c2\sc3nc(-c4ccncc4)nn3c2=O)c1. The Morgan fingerprint density at radius 1 is 1.23 bits per heavy atom. The van der Waals surface area contributed by atoms with Crippen LogP contribution in [0.5, 0.6) is 5.75 Å². The number of rotatable bonds is 3. The summed E-state index contributed by atoms with van der Waals surface area (Å²) < 4.78 is 6.86. The number of benzene rings is 1. The van der Waals surface area contributed by atoms with Crippen LogP contribution in [0.4, 0.5) is 0 Å². The van der Waals surface area contributed by atoms with E-state index >= 15 is 0 Å². The number of nitrogens with zero attached hydrogens (tertiary/aromatic N) is 4. The number of carbonyl (C=O) groups is 1. The standard InChI is InChI=1S/C18H12N4O3S/c1-11(23)25-14-4-2-3-12(9-14)10-15-17(24)22-18(26-15)20-16(21-22)13-5-7-19-8-6-13/h2-10H,1H3/b15-10-. The molecule has 128 valence electrons. The van der Waals surface area contributed by atoms with Crippen LogP contribution < -0.4 is 14.8 Å². The van der Waals surface area contributed by atoms with E-state index in [0.29, 0.717) is 21.1 Å². The Morgan fingerprint density at radius 2 is 2.04 bits per heavy atom. The zero-order valence-corrected chi connectivity index (χ0v) is 14.4. The van der Waals surface area contributed by atoms with E-state index in [9.17, 15) is 9.59 Å². The number of carbonyl (C=O) groups excluding carboxylic acids is 1. The third-order valence-corrected chi connectivity index (χ3v) is 4.50. The molecule has 0 atom stereocenters. The van der Waals surface area contributed by atoms with Crippen molar-refractivity contribution in [3.63, 3.8) is 0 Å². The van der Waals surface area contributed by atoms with Gasteiger partial charge >= 0.3 is 5.97 Å². The fourth-order valence-corrected chi connectivity index (χ4v) is 3.35. The van der Waals surface area contributed by atoms with Gasteiger partial charge in [-0.15, -0.1) is 5.10 Å². The van der Waals surface area contributed by atoms with E-state index in [1.54, 1.807) is 48.8 Å². The number of hydrogen-bond donors (Lipinski definition) is 0. The Hall–Kier alpha value is -3.39. The van der Waals surface area contributed by atoms with Gasteiger partial charge in [-0.05, 0) is 35.9 Å². The minimum absolute atomic E-state index is 0.240. The lowest BCUT2D eigenvalue weighted by molar-refractivity contribution is -0.131. The van der Waals surface area contributed by atoms with Crippen LogP contribution in [-0.2, 0) is 4.79 Å². The molecule has 3 heterocycles. The monoisotopic (exact) mass is 364 g/mol. The quantitative estimate of drug-likeness (QED) is 0.406. The number of ether oxygens (including phenoxy) is 1. The van der Waals surface area contributed by atoms with Gasteiger partial charge in [0, 0.05) is 24.9 Å². The van der Waals surface area contributed by atoms with E-state index in [0.717, 1.165) is 11.1 Å². The number of aromatic nitrogens is 4. The summed E-state index contributed by atoms with van der Waals surface area (Å²) in [5.74, 6) is 0.520. The van der Waals surface area contributed by atoms with Crippen molar-refractivity contribution in [2.75, 3.05) is 0 Å². The smallest absolute Gasteiger partial charge is 0.308 e. The first-order valence-corrected chi connectivity index (χ1v) is 8.52. The van der Waals surface area contributed by atoms with Crippen LogP contribution in [0.1, 0.15) is 12.5 Å². The summed E-state index contributed by atoms with van der Waals surface area (Å²) in [6.07, 6.45) is 5.03. The van der Waals surface area contributed by atoms with Crippen molar-refractivity contribution in [1.29, 1.82) is 0 Å². The van der Waals surface area contributed by atoms with Crippen molar-refractivity contribution in [2.24, 2.45) is 0 Å². The highest BCUT2D eigenvalue weighted by Crippen LogP contribution is 2.16. The molecule has 0 saturated heterocycles. The molecule has 0 spiro atoms. The normalized spacial score (nSPS) is 11.8. The van der Waals surface area contributed by atoms with Crippen molar-refractivity contribution in [3.8, 4) is 17.1 Å². The number of pyridine rings is 1. The lowest BCUT2D eigenvalue weighted by Gasteiger charge is -2.01. The fourth-order valence-electron chi connectivity index (χ4n) is 2.44. The largest absolute Gasteiger partial charge is 0.427 e. The van der Waals surface area contributed by atoms with Crippen molar-refractivity contribution in [2.45, 2.75) is 6.92 Å². The van der Waals surface area contributed by atoms with Gasteiger partial charge in [0.1, 0.15) is 5.75 Å². The molecular formula is C18H12N4O3S. The van der Waals surface area contributed by atoms with Gasteiger partial charge < -0.3 is 4.74 Å². The highest BCUT2D eigenvalue weighted by molar-refractivity contribution is 7.15. The van der Waals surface area contributed by atoms with Crippen molar-refractivity contribution >= 4 is 28.3 Å². The third-order valence-electron chi connectivity index (χ3n) is 3.54. The average Bonchev–Trinajstić information content (AvgIpc) is 3.16. The van der Waals surface area contributed by atoms with E-state index in [2.05, 4.69) is 15.1 Å². The average molecular weight is 364 g/mol. The minimum atomic E-state index is -0.394. The highest BCUT2D eigenvalue weighted by Gasteiger charge is 2.11. The van der Waals surface area contributed by atoms with Gasteiger partial charge in [0.05, 0.1) is 4.53 Å². The van der Waals surface area contributed by atoms with Crippen molar-refractivity contribution < 1.29 is 9.53 Å². The molecule has 26 heavy (non-hydrogen) atoms. The van der Waals surface area contributed by atoms with Crippen molar-refractivity contribution in [3.05, 3.63) is 69.2 Å². The van der Waals surface area contributed by atoms with E-state index < -0.39 is 5.97 Å². The molecule has 0 fully saturated rings. The second kappa shape index (κ2) is 6.49. The summed E-state index contributed by atoms with van der Waals surface area (Å²) in [4.78, 5) is 32.5. The lowest BCUT2D eigenvalue weighted by atomic mass is 10.2. The Morgan fingerprint density at radius 3 is 2.77 bits per heavy atom. The van der Waals surface area contributed by atoms with Crippen LogP contribution >= 0.6 is 11.3 Å². The topological polar surface area (TPSA) is 86.4 Å². The first-order valence-electron chi connectivity index (χ1n) is 7.70. The van der Waals surface area contributed by atoms with Gasteiger partial charge in [0.15, 0.2) is 5.82 Å². The van der Waals surface area contributed by atoms with Crippen LogP contribution in [-0.4, -0.2) is 25.6 Å². The maximum Gasteiger partial charge on any atom is 0.308 e. The Labute approximate surface area is 151 Å². The Bertz CT molecular complexity index is 1210. The van der Waals surface area contributed by atoms with E-state index in [-0.39, 0.29) is 5.56 Å². The Kier molecular flexibility index (Phi) is 4.02. The Balaban J connectivity index is 1.75. The zero-order valence-electron chi connectivity index (χ0n) is 13.6. The number of fused-ring (bicyclic) bond motifs is 1. The maximum absolute atomic E-state index is 12.6. The van der Waals surface area contributed by atoms with E-state index in [1.807, 2.05) is 6.07 Å². The summed E-state index contributed by atoms with van der Waals surface area (Å²) in [6, 6.07) is 10.5. The lowest BCUT2D eigenvalue weighted by Crippen LogP contribution is -2.23. The molecule has 0 aliphatic rings. The van der Waals surface area contributed by atoms with Gasteiger partial charge in [0.2, 0.25) is 4.96 Å². The van der Waals surface area contributed by atoms with E-state index in [4.69, 9.17) is 4.74 Å². The molecule has 7 nitrogen and oxygen atoms in total. The van der Waals surface area contributed by atoms with Crippen LogP contribution in [0.3, 0.4) is 0 Å². The molecule has 0 aliphatic carbocycles. The molecule has 0 unspecified atom stereocenters. The fraction of sp³-hybridized carbons (Fsp3) is 0.0556. The van der Waals surface area contributed by atoms with Gasteiger partial charge in [-0.2, -0.15) is 9.50 Å². The van der Waals surface area contributed by atoms with E-state index in [1.165, 1.54) is 22.8 Å². The summed E-state index contributed by atoms with van der Waals surface area (Å²) in [5.41, 5.74) is 1.31. The molecule has 1 aromatic carbocycles. The summed E-state index contributed by atoms with van der Waals surface area (Å²) in [7, 11) is 0. The first-order chi connectivity index (χ1) is 12.6. The second-order valence-corrected chi connectivity index (χ2v) is 6.46. The van der Waals surface area contributed by atoms with Crippen LogP contribution in [0, 0.1) is 0 Å². The van der Waals surface area contributed by atoms with Crippen LogP contribution in [0.15, 0.2) is 53.6 Å². The minimum Gasteiger partial charge on any atom is -0.427 e. The number of esters is 1. The maximum atomic E-state index is 12.6. The molecule has 0 saturated carbocycles. The van der Waals surface area contributed by atoms with Gasteiger partial charge in [-0.25, -0.2) is 0 Å². The molecule has 8 heteroatoms. The van der Waals surface area contributed by atoms with Crippen LogP contribution in [0.2, 0.25) is 0 Å². The van der Waals surface area contributed by atoms with Gasteiger partial charge in [0.25, 0.3) is 5.56 Å². The summed E-state index contributed by atoms with van der Waals surface area (Å²) in [5, 5.41) is 4.29. The third kappa shape index (κ3) is 3.09. The van der Waals surface area contributed by atoms with Gasteiger partial charge in [-0.1, -0.05) is 23.5 Å². The number of thiazole rings is 1. The first kappa shape index (κ1) is 16.1. The predicted octanol–water partition coefficient (Wildman–Crippen LogP) is 1.69. The molecule has 0 aliphatic heterocycles. The predicted molar refractivity (Wildman–Crippen MR) is 96.9 cm³/mol. The zero-order chi connectivity index (χ0) is 18.1. The molecule has 3 aromatic heterocycles. The molecule has 4 rings (SSSR count). The number of hydrogen-bond acceptors (Lipinski definition) is 7. The van der Waals surface area contributed by atoms with Crippen LogP contribution in [0.25, 0.3) is 22.4 Å². The summed E-state index contributed by atoms with van der Waals surface area (Å²) in [6.45, 7) is 1.34. The molecule has 0 N–H and O–H groups in total. The van der Waals surface area contributed by atoms with Gasteiger partial charge in [-0.3, -0.25) is 14.6 Å². The molecular weight excluding hydrogens is 352 g/mol. The van der Waals surface area contributed by atoms with Crippen molar-refractivity contribution in [1.82, 2.24) is 19.6 Å².